The Morgan fingerprint density at radius 1 is 1.13 bits per heavy atom. The van der Waals surface area contributed by atoms with E-state index in [2.05, 4.69) is 10.3 Å². The Kier molecular flexibility index (Phi) is 5.75. The normalized spacial score (nSPS) is 12.7. The number of benzene rings is 2. The van der Waals surface area contributed by atoms with Crippen molar-refractivity contribution in [3.8, 4) is 16.9 Å². The molecule has 0 radical (unpaired) electrons. The Bertz CT molecular complexity index is 1070. The Balaban J connectivity index is 1.49. The molecule has 30 heavy (non-hydrogen) atoms. The fourth-order valence-electron chi connectivity index (χ4n) is 3.55. The number of methoxy groups -OCH3 is 1. The number of aromatic nitrogens is 1. The molecule has 0 bridgehead atoms. The molecule has 6 heteroatoms. The Hall–Kier alpha value is -3.67. The molecular weight excluding hydrogens is 380 g/mol. The van der Waals surface area contributed by atoms with Gasteiger partial charge in [0.15, 0.2) is 0 Å². The van der Waals surface area contributed by atoms with Gasteiger partial charge in [0.05, 0.1) is 7.11 Å². The van der Waals surface area contributed by atoms with Crippen molar-refractivity contribution in [3.05, 3.63) is 83.7 Å². The van der Waals surface area contributed by atoms with Crippen molar-refractivity contribution in [2.75, 3.05) is 7.11 Å². The summed E-state index contributed by atoms with van der Waals surface area (Å²) in [5.41, 5.74) is 4.50. The molecule has 0 fully saturated rings. The maximum absolute atomic E-state index is 12.8. The molecule has 0 saturated heterocycles. The van der Waals surface area contributed by atoms with Gasteiger partial charge in [0.2, 0.25) is 0 Å². The van der Waals surface area contributed by atoms with Crippen LogP contribution in [0, 0.1) is 0 Å². The van der Waals surface area contributed by atoms with E-state index in [4.69, 9.17) is 9.47 Å². The minimum Gasteiger partial charge on any atom is -0.488 e. The number of nitrogens with one attached hydrogen (secondary N) is 1. The standard InChI is InChI=1S/C24H22N2O4/c1-29-24(28)21(10-7-16-5-3-2-4-6-16)26-23(27)17-8-9-20-19-11-12-25-14-18(19)15-30-22(20)13-17/h2-6,8-9,11-14,21H,7,10,15H2,1H3,(H,26,27). The molecule has 2 heterocycles. The van der Waals surface area contributed by atoms with E-state index >= 15 is 0 Å². The smallest absolute Gasteiger partial charge is 0.328 e. The number of hydrogen-bond acceptors (Lipinski definition) is 5. The van der Waals surface area contributed by atoms with Gasteiger partial charge in [0, 0.05) is 29.1 Å². The van der Waals surface area contributed by atoms with Gasteiger partial charge in [0.25, 0.3) is 5.91 Å². The molecule has 1 aliphatic rings. The zero-order chi connectivity index (χ0) is 20.9. The molecule has 1 amide bonds. The third kappa shape index (κ3) is 4.17. The van der Waals surface area contributed by atoms with Crippen molar-refractivity contribution < 1.29 is 19.1 Å². The zero-order valence-electron chi connectivity index (χ0n) is 16.6. The van der Waals surface area contributed by atoms with E-state index in [1.807, 2.05) is 42.5 Å². The summed E-state index contributed by atoms with van der Waals surface area (Å²) in [7, 11) is 1.32. The van der Waals surface area contributed by atoms with Gasteiger partial charge in [-0.1, -0.05) is 30.3 Å². The quantitative estimate of drug-likeness (QED) is 0.638. The van der Waals surface area contributed by atoms with E-state index < -0.39 is 12.0 Å². The molecule has 0 aliphatic carbocycles. The van der Waals surface area contributed by atoms with Crippen LogP contribution in [-0.4, -0.2) is 30.0 Å². The molecule has 0 spiro atoms. The lowest BCUT2D eigenvalue weighted by molar-refractivity contribution is -0.143. The highest BCUT2D eigenvalue weighted by atomic mass is 16.5. The molecule has 4 rings (SSSR count). The summed E-state index contributed by atoms with van der Waals surface area (Å²) in [6, 6.07) is 16.3. The van der Waals surface area contributed by atoms with Crippen molar-refractivity contribution >= 4 is 11.9 Å². The maximum Gasteiger partial charge on any atom is 0.328 e. The number of esters is 1. The van der Waals surface area contributed by atoms with E-state index in [9.17, 15) is 9.59 Å². The van der Waals surface area contributed by atoms with Crippen molar-refractivity contribution in [1.82, 2.24) is 10.3 Å². The Morgan fingerprint density at radius 2 is 1.97 bits per heavy atom. The lowest BCUT2D eigenvalue weighted by atomic mass is 9.97. The molecule has 1 aromatic heterocycles. The summed E-state index contributed by atoms with van der Waals surface area (Å²) in [6.07, 6.45) is 4.62. The molecule has 152 valence electrons. The fraction of sp³-hybridized carbons (Fsp3) is 0.208. The van der Waals surface area contributed by atoms with E-state index in [0.717, 1.165) is 22.3 Å². The predicted molar refractivity (Wildman–Crippen MR) is 112 cm³/mol. The first-order valence-corrected chi connectivity index (χ1v) is 9.78. The average molecular weight is 402 g/mol. The van der Waals surface area contributed by atoms with Crippen LogP contribution in [0.5, 0.6) is 5.75 Å². The van der Waals surface area contributed by atoms with Gasteiger partial charge in [-0.05, 0) is 48.2 Å². The van der Waals surface area contributed by atoms with Crippen LogP contribution in [-0.2, 0) is 22.6 Å². The first kappa shape index (κ1) is 19.6. The van der Waals surface area contributed by atoms with Gasteiger partial charge in [-0.15, -0.1) is 0 Å². The third-order valence-electron chi connectivity index (χ3n) is 5.18. The lowest BCUT2D eigenvalue weighted by Crippen LogP contribution is -2.41. The van der Waals surface area contributed by atoms with Gasteiger partial charge in [-0.25, -0.2) is 4.79 Å². The summed E-state index contributed by atoms with van der Waals surface area (Å²) in [6.45, 7) is 0.406. The first-order valence-electron chi connectivity index (χ1n) is 9.78. The van der Waals surface area contributed by atoms with Crippen LogP contribution in [0.4, 0.5) is 0 Å². The van der Waals surface area contributed by atoms with Gasteiger partial charge >= 0.3 is 5.97 Å². The van der Waals surface area contributed by atoms with Crippen LogP contribution in [0.3, 0.4) is 0 Å². The van der Waals surface area contributed by atoms with Crippen LogP contribution in [0.15, 0.2) is 67.0 Å². The topological polar surface area (TPSA) is 77.5 Å². The number of rotatable bonds is 6. The second-order valence-electron chi connectivity index (χ2n) is 7.11. The number of carbonyl (C=O) groups is 2. The minimum absolute atomic E-state index is 0.342. The molecule has 1 unspecified atom stereocenters. The SMILES string of the molecule is COC(=O)C(CCc1ccccc1)NC(=O)c1ccc2c(c1)OCc1cnccc1-2. The molecule has 1 atom stereocenters. The van der Waals surface area contributed by atoms with E-state index in [0.29, 0.717) is 30.8 Å². The first-order chi connectivity index (χ1) is 14.7. The van der Waals surface area contributed by atoms with Crippen LogP contribution in [0.25, 0.3) is 11.1 Å². The molecule has 0 saturated carbocycles. The van der Waals surface area contributed by atoms with Crippen molar-refractivity contribution in [3.63, 3.8) is 0 Å². The van der Waals surface area contributed by atoms with Crippen molar-refractivity contribution in [1.29, 1.82) is 0 Å². The van der Waals surface area contributed by atoms with E-state index in [-0.39, 0.29) is 5.91 Å². The number of carbonyl (C=O) groups excluding carboxylic acids is 2. The number of hydrogen-bond donors (Lipinski definition) is 1. The Morgan fingerprint density at radius 3 is 2.77 bits per heavy atom. The summed E-state index contributed by atoms with van der Waals surface area (Å²) in [5.74, 6) is -0.166. The Labute approximate surface area is 174 Å². The number of nitrogens with zero attached hydrogens (tertiary/aromatic N) is 1. The summed E-state index contributed by atoms with van der Waals surface area (Å²) in [5, 5.41) is 2.80. The van der Waals surface area contributed by atoms with E-state index in [1.54, 1.807) is 24.5 Å². The number of aryl methyl sites for hydroxylation is 1. The summed E-state index contributed by atoms with van der Waals surface area (Å²) >= 11 is 0. The second kappa shape index (κ2) is 8.78. The number of amides is 1. The van der Waals surface area contributed by atoms with Gasteiger partial charge in [0.1, 0.15) is 18.4 Å². The van der Waals surface area contributed by atoms with E-state index in [1.165, 1.54) is 7.11 Å². The molecule has 2 aromatic carbocycles. The predicted octanol–water partition coefficient (Wildman–Crippen LogP) is 3.55. The molecule has 1 N–H and O–H groups in total. The summed E-state index contributed by atoms with van der Waals surface area (Å²) < 4.78 is 10.7. The van der Waals surface area contributed by atoms with Crippen LogP contribution >= 0.6 is 0 Å². The van der Waals surface area contributed by atoms with Crippen molar-refractivity contribution in [2.24, 2.45) is 0 Å². The average Bonchev–Trinajstić information content (AvgIpc) is 2.81. The highest BCUT2D eigenvalue weighted by Crippen LogP contribution is 2.37. The monoisotopic (exact) mass is 402 g/mol. The maximum atomic E-state index is 12.8. The number of pyridine rings is 1. The number of fused-ring (bicyclic) bond motifs is 3. The largest absolute Gasteiger partial charge is 0.488 e. The van der Waals surface area contributed by atoms with Crippen LogP contribution in [0.2, 0.25) is 0 Å². The minimum atomic E-state index is -0.730. The second-order valence-corrected chi connectivity index (χ2v) is 7.11. The van der Waals surface area contributed by atoms with Crippen molar-refractivity contribution in [2.45, 2.75) is 25.5 Å². The zero-order valence-corrected chi connectivity index (χ0v) is 16.6. The fourth-order valence-corrected chi connectivity index (χ4v) is 3.55. The molecule has 3 aromatic rings. The van der Waals surface area contributed by atoms with Gasteiger partial charge in [-0.3, -0.25) is 9.78 Å². The summed E-state index contributed by atoms with van der Waals surface area (Å²) in [4.78, 5) is 29.2. The number of ether oxygens (including phenoxy) is 2. The lowest BCUT2D eigenvalue weighted by Gasteiger charge is -2.21. The highest BCUT2D eigenvalue weighted by Gasteiger charge is 2.24. The molecule has 6 nitrogen and oxygen atoms in total. The van der Waals surface area contributed by atoms with Crippen LogP contribution in [0.1, 0.15) is 27.9 Å². The van der Waals surface area contributed by atoms with Gasteiger partial charge in [-0.2, -0.15) is 0 Å². The van der Waals surface area contributed by atoms with Crippen LogP contribution < -0.4 is 10.1 Å². The van der Waals surface area contributed by atoms with Gasteiger partial charge < -0.3 is 14.8 Å². The highest BCUT2D eigenvalue weighted by molar-refractivity contribution is 5.98. The molecular formula is C24H22N2O4. The third-order valence-corrected chi connectivity index (χ3v) is 5.18. The molecule has 1 aliphatic heterocycles.